The number of aliphatic carboxylic acids is 1. The molecule has 4 heteroatoms. The number of nitrogens with one attached hydrogen (secondary N) is 1. The third-order valence-electron chi connectivity index (χ3n) is 4.98. The van der Waals surface area contributed by atoms with Crippen molar-refractivity contribution in [2.75, 3.05) is 19.6 Å². The summed E-state index contributed by atoms with van der Waals surface area (Å²) >= 11 is 0. The maximum atomic E-state index is 10.8. The van der Waals surface area contributed by atoms with Gasteiger partial charge in [0.2, 0.25) is 0 Å². The van der Waals surface area contributed by atoms with Crippen molar-refractivity contribution < 1.29 is 9.90 Å². The summed E-state index contributed by atoms with van der Waals surface area (Å²) in [5, 5.41) is 12.6. The number of nitrogens with zero attached hydrogens (tertiary/aromatic N) is 1. The van der Waals surface area contributed by atoms with Crippen LogP contribution >= 0.6 is 0 Å². The Morgan fingerprint density at radius 1 is 1.30 bits per heavy atom. The number of carboxylic acids is 1. The molecule has 0 spiro atoms. The van der Waals surface area contributed by atoms with Gasteiger partial charge in [0.25, 0.3) is 0 Å². The van der Waals surface area contributed by atoms with Gasteiger partial charge in [0, 0.05) is 31.6 Å². The molecule has 2 rings (SSSR count). The summed E-state index contributed by atoms with van der Waals surface area (Å²) < 4.78 is 0. The highest BCUT2D eigenvalue weighted by atomic mass is 16.4. The van der Waals surface area contributed by atoms with E-state index in [0.717, 1.165) is 38.4 Å². The van der Waals surface area contributed by atoms with E-state index < -0.39 is 5.97 Å². The van der Waals surface area contributed by atoms with Crippen molar-refractivity contribution >= 4 is 5.97 Å². The smallest absolute Gasteiger partial charge is 0.303 e. The first-order chi connectivity index (χ1) is 9.54. The minimum atomic E-state index is -0.661. The summed E-state index contributed by atoms with van der Waals surface area (Å²) in [6, 6.07) is 1.10. The number of carbonyl (C=O) groups is 1. The van der Waals surface area contributed by atoms with Gasteiger partial charge in [-0.05, 0) is 57.9 Å². The van der Waals surface area contributed by atoms with Gasteiger partial charge >= 0.3 is 5.97 Å². The van der Waals surface area contributed by atoms with E-state index in [0.29, 0.717) is 24.4 Å². The van der Waals surface area contributed by atoms with E-state index in [1.165, 1.54) is 19.3 Å². The zero-order chi connectivity index (χ0) is 14.5. The molecule has 116 valence electrons. The van der Waals surface area contributed by atoms with E-state index >= 15 is 0 Å². The zero-order valence-corrected chi connectivity index (χ0v) is 13.0. The standard InChI is InChI=1S/C16H30N2O2/c1-12(2)18-10-14(6-7-16(19)20)8-15(11-18)17-9-13-4-3-5-13/h12-15,17H,3-11H2,1-2H3,(H,19,20). The molecule has 2 fully saturated rings. The number of hydrogen-bond acceptors (Lipinski definition) is 3. The van der Waals surface area contributed by atoms with Gasteiger partial charge in [-0.2, -0.15) is 0 Å². The lowest BCUT2D eigenvalue weighted by Crippen LogP contribution is -2.52. The predicted molar refractivity (Wildman–Crippen MR) is 80.8 cm³/mol. The highest BCUT2D eigenvalue weighted by Crippen LogP contribution is 2.27. The molecule has 20 heavy (non-hydrogen) atoms. The van der Waals surface area contributed by atoms with Crippen molar-refractivity contribution in [1.82, 2.24) is 10.2 Å². The van der Waals surface area contributed by atoms with Crippen molar-refractivity contribution in [3.05, 3.63) is 0 Å². The van der Waals surface area contributed by atoms with Crippen molar-refractivity contribution in [2.24, 2.45) is 11.8 Å². The van der Waals surface area contributed by atoms with Gasteiger partial charge in [-0.1, -0.05) is 6.42 Å². The molecule has 1 saturated heterocycles. The number of rotatable bonds is 7. The lowest BCUT2D eigenvalue weighted by molar-refractivity contribution is -0.137. The number of hydrogen-bond donors (Lipinski definition) is 2. The van der Waals surface area contributed by atoms with Crippen LogP contribution in [0.15, 0.2) is 0 Å². The topological polar surface area (TPSA) is 52.6 Å². The average molecular weight is 282 g/mol. The summed E-state index contributed by atoms with van der Waals surface area (Å²) in [4.78, 5) is 13.3. The Morgan fingerprint density at radius 2 is 2.05 bits per heavy atom. The molecular formula is C16H30N2O2. The molecule has 4 nitrogen and oxygen atoms in total. The van der Waals surface area contributed by atoms with Gasteiger partial charge in [0.15, 0.2) is 0 Å². The first kappa shape index (κ1) is 15.8. The summed E-state index contributed by atoms with van der Waals surface area (Å²) in [6.45, 7) is 7.81. The summed E-state index contributed by atoms with van der Waals surface area (Å²) in [7, 11) is 0. The Bertz CT molecular complexity index is 316. The van der Waals surface area contributed by atoms with Gasteiger partial charge in [-0.3, -0.25) is 9.69 Å². The number of piperidine rings is 1. The van der Waals surface area contributed by atoms with E-state index in [4.69, 9.17) is 5.11 Å². The minimum Gasteiger partial charge on any atom is -0.481 e. The SMILES string of the molecule is CC(C)N1CC(CCC(=O)O)CC(NCC2CCC2)C1. The van der Waals surface area contributed by atoms with Gasteiger partial charge in [-0.15, -0.1) is 0 Å². The molecule has 1 aliphatic heterocycles. The lowest BCUT2D eigenvalue weighted by Gasteiger charge is -2.41. The predicted octanol–water partition coefficient (Wildman–Crippen LogP) is 2.34. The maximum Gasteiger partial charge on any atom is 0.303 e. The fourth-order valence-electron chi connectivity index (χ4n) is 3.38. The van der Waals surface area contributed by atoms with Crippen LogP contribution in [0.1, 0.15) is 52.4 Å². The highest BCUT2D eigenvalue weighted by Gasteiger charge is 2.29. The van der Waals surface area contributed by atoms with E-state index in [2.05, 4.69) is 24.1 Å². The monoisotopic (exact) mass is 282 g/mol. The van der Waals surface area contributed by atoms with E-state index in [1.54, 1.807) is 0 Å². The normalized spacial score (nSPS) is 28.6. The first-order valence-corrected chi connectivity index (χ1v) is 8.23. The quantitative estimate of drug-likeness (QED) is 0.752. The molecule has 0 bridgehead atoms. The van der Waals surface area contributed by atoms with Gasteiger partial charge < -0.3 is 10.4 Å². The molecule has 0 amide bonds. The minimum absolute atomic E-state index is 0.311. The molecule has 1 aliphatic carbocycles. The summed E-state index contributed by atoms with van der Waals surface area (Å²) in [5.41, 5.74) is 0. The van der Waals surface area contributed by atoms with E-state index in [-0.39, 0.29) is 0 Å². The second-order valence-electron chi connectivity index (χ2n) is 6.98. The largest absolute Gasteiger partial charge is 0.481 e. The van der Waals surface area contributed by atoms with Crippen LogP contribution in [0.4, 0.5) is 0 Å². The van der Waals surface area contributed by atoms with Crippen molar-refractivity contribution in [2.45, 2.75) is 64.5 Å². The Hall–Kier alpha value is -0.610. The van der Waals surface area contributed by atoms with Crippen molar-refractivity contribution in [1.29, 1.82) is 0 Å². The molecule has 0 aromatic heterocycles. The molecule has 0 aromatic rings. The van der Waals surface area contributed by atoms with Crippen LogP contribution in [0.25, 0.3) is 0 Å². The number of carboxylic acid groups (broad SMARTS) is 1. The van der Waals surface area contributed by atoms with Crippen LogP contribution < -0.4 is 5.32 Å². The van der Waals surface area contributed by atoms with Crippen LogP contribution in [0.5, 0.6) is 0 Å². The van der Waals surface area contributed by atoms with E-state index in [1.807, 2.05) is 0 Å². The van der Waals surface area contributed by atoms with Crippen LogP contribution in [0, 0.1) is 11.8 Å². The maximum absolute atomic E-state index is 10.8. The van der Waals surface area contributed by atoms with Crippen molar-refractivity contribution in [3.8, 4) is 0 Å². The van der Waals surface area contributed by atoms with E-state index in [9.17, 15) is 4.79 Å². The molecule has 2 aliphatic rings. The van der Waals surface area contributed by atoms with Crippen LogP contribution in [0.2, 0.25) is 0 Å². The highest BCUT2D eigenvalue weighted by molar-refractivity contribution is 5.66. The average Bonchev–Trinajstić information content (AvgIpc) is 2.34. The Balaban J connectivity index is 1.80. The third-order valence-corrected chi connectivity index (χ3v) is 4.98. The van der Waals surface area contributed by atoms with Gasteiger partial charge in [0.1, 0.15) is 0 Å². The van der Waals surface area contributed by atoms with Crippen LogP contribution in [0.3, 0.4) is 0 Å². The Kier molecular flexibility index (Phi) is 5.85. The van der Waals surface area contributed by atoms with Gasteiger partial charge in [0.05, 0.1) is 0 Å². The van der Waals surface area contributed by atoms with Gasteiger partial charge in [-0.25, -0.2) is 0 Å². The second-order valence-corrected chi connectivity index (χ2v) is 6.98. The molecule has 0 radical (unpaired) electrons. The molecule has 1 heterocycles. The first-order valence-electron chi connectivity index (χ1n) is 8.23. The zero-order valence-electron chi connectivity index (χ0n) is 13.0. The molecular weight excluding hydrogens is 252 g/mol. The Labute approximate surface area is 122 Å². The molecule has 2 N–H and O–H groups in total. The van der Waals surface area contributed by atoms with Crippen LogP contribution in [-0.4, -0.2) is 47.7 Å². The third kappa shape index (κ3) is 4.74. The molecule has 2 unspecified atom stereocenters. The van der Waals surface area contributed by atoms with Crippen molar-refractivity contribution in [3.63, 3.8) is 0 Å². The Morgan fingerprint density at radius 3 is 2.60 bits per heavy atom. The molecule has 1 saturated carbocycles. The summed E-state index contributed by atoms with van der Waals surface area (Å²) in [5.74, 6) is 0.758. The summed E-state index contributed by atoms with van der Waals surface area (Å²) in [6.07, 6.45) is 6.44. The fraction of sp³-hybridized carbons (Fsp3) is 0.938. The fourth-order valence-corrected chi connectivity index (χ4v) is 3.38. The molecule has 0 aromatic carbocycles. The molecule has 2 atom stereocenters. The van der Waals surface area contributed by atoms with Crippen LogP contribution in [-0.2, 0) is 4.79 Å². The second kappa shape index (κ2) is 7.41. The lowest BCUT2D eigenvalue weighted by atomic mass is 9.84. The number of likely N-dealkylation sites (tertiary alicyclic amines) is 1.